The third-order valence-electron chi connectivity index (χ3n) is 10.7. The van der Waals surface area contributed by atoms with Gasteiger partial charge in [0.1, 0.15) is 0 Å². The maximum atomic E-state index is 2.45. The van der Waals surface area contributed by atoms with Gasteiger partial charge in [0.05, 0.1) is 0 Å². The van der Waals surface area contributed by atoms with E-state index in [4.69, 9.17) is 0 Å². The van der Waals surface area contributed by atoms with Gasteiger partial charge in [-0.2, -0.15) is 0 Å². The molecule has 0 heteroatoms. The molecule has 0 spiro atoms. The molecule has 0 heterocycles. The number of hydrogen-bond acceptors (Lipinski definition) is 0. The lowest BCUT2D eigenvalue weighted by Crippen LogP contribution is -1.94. The summed E-state index contributed by atoms with van der Waals surface area (Å²) in [7, 11) is 0. The average Bonchev–Trinajstić information content (AvgIpc) is 3.46. The summed E-state index contributed by atoms with van der Waals surface area (Å²) in [5, 5.41) is 15.4. The Labute approximate surface area is 278 Å². The second-order valence-corrected chi connectivity index (χ2v) is 13.2. The highest BCUT2D eigenvalue weighted by Gasteiger charge is 2.31. The van der Waals surface area contributed by atoms with Crippen LogP contribution in [0.15, 0.2) is 170 Å². The Bertz CT molecular complexity index is 3000. The second-order valence-electron chi connectivity index (χ2n) is 13.2. The molecule has 0 aliphatic heterocycles. The molecule has 0 N–H and O–H groups in total. The first-order valence-electron chi connectivity index (χ1n) is 16.8. The van der Waals surface area contributed by atoms with Crippen LogP contribution in [0.5, 0.6) is 0 Å². The molecule has 0 unspecified atom stereocenters. The first kappa shape index (κ1) is 25.9. The van der Waals surface area contributed by atoms with Gasteiger partial charge >= 0.3 is 0 Å². The van der Waals surface area contributed by atoms with E-state index in [1.807, 2.05) is 0 Å². The Hall–Kier alpha value is -6.24. The van der Waals surface area contributed by atoms with Gasteiger partial charge in [-0.15, -0.1) is 0 Å². The topological polar surface area (TPSA) is 0 Å². The molecule has 10 aromatic carbocycles. The molecule has 10 aromatic rings. The molecule has 0 amide bonds. The average molecular weight is 605 g/mol. The molecule has 0 saturated carbocycles. The smallest absolute Gasteiger partial charge is 0.000719 e. The van der Waals surface area contributed by atoms with Crippen molar-refractivity contribution < 1.29 is 0 Å². The van der Waals surface area contributed by atoms with E-state index >= 15 is 0 Å². The quantitative estimate of drug-likeness (QED) is 0.136. The van der Waals surface area contributed by atoms with Crippen molar-refractivity contribution in [2.75, 3.05) is 0 Å². The van der Waals surface area contributed by atoms with Gasteiger partial charge in [-0.1, -0.05) is 140 Å². The van der Waals surface area contributed by atoms with Crippen LogP contribution in [0.1, 0.15) is 0 Å². The van der Waals surface area contributed by atoms with Crippen molar-refractivity contribution in [1.82, 2.24) is 0 Å². The largest absolute Gasteiger partial charge is 0.0616 e. The summed E-state index contributed by atoms with van der Waals surface area (Å²) < 4.78 is 0. The van der Waals surface area contributed by atoms with Crippen molar-refractivity contribution in [3.8, 4) is 44.5 Å². The van der Waals surface area contributed by atoms with Crippen LogP contribution in [0.25, 0.3) is 109 Å². The minimum atomic E-state index is 1.25. The van der Waals surface area contributed by atoms with Gasteiger partial charge < -0.3 is 0 Å². The Balaban J connectivity index is 1.40. The third kappa shape index (κ3) is 3.55. The normalized spacial score (nSPS) is 12.2. The lowest BCUT2D eigenvalue weighted by Gasteiger charge is -2.22. The van der Waals surface area contributed by atoms with Gasteiger partial charge in [-0.25, -0.2) is 0 Å². The zero-order valence-corrected chi connectivity index (χ0v) is 26.2. The Kier molecular flexibility index (Phi) is 5.20. The van der Waals surface area contributed by atoms with E-state index < -0.39 is 0 Å². The first-order chi connectivity index (χ1) is 23.8. The van der Waals surface area contributed by atoms with Crippen LogP contribution in [-0.4, -0.2) is 0 Å². The van der Waals surface area contributed by atoms with Crippen molar-refractivity contribution >= 4 is 64.6 Å². The van der Waals surface area contributed by atoms with Crippen molar-refractivity contribution in [2.45, 2.75) is 0 Å². The van der Waals surface area contributed by atoms with Gasteiger partial charge in [0.2, 0.25) is 0 Å². The summed E-state index contributed by atoms with van der Waals surface area (Å²) in [5.41, 5.74) is 10.5. The molecule has 0 saturated heterocycles. The van der Waals surface area contributed by atoms with Crippen LogP contribution in [0, 0.1) is 0 Å². The molecule has 1 aliphatic rings. The van der Waals surface area contributed by atoms with Crippen LogP contribution >= 0.6 is 0 Å². The van der Waals surface area contributed by atoms with E-state index in [2.05, 4.69) is 170 Å². The molecule has 0 aromatic heterocycles. The van der Waals surface area contributed by atoms with Gasteiger partial charge in [0.15, 0.2) is 0 Å². The molecule has 0 nitrogen and oxygen atoms in total. The lowest BCUT2D eigenvalue weighted by atomic mass is 9.81. The fourth-order valence-corrected chi connectivity index (χ4v) is 8.57. The summed E-state index contributed by atoms with van der Waals surface area (Å²) in [6, 6.07) is 63.5. The fourth-order valence-electron chi connectivity index (χ4n) is 8.57. The molecule has 11 rings (SSSR count). The minimum absolute atomic E-state index is 1.25. The van der Waals surface area contributed by atoms with Gasteiger partial charge in [-0.05, 0) is 139 Å². The van der Waals surface area contributed by atoms with E-state index in [0.29, 0.717) is 0 Å². The van der Waals surface area contributed by atoms with Crippen molar-refractivity contribution in [2.24, 2.45) is 0 Å². The third-order valence-corrected chi connectivity index (χ3v) is 10.7. The number of hydrogen-bond donors (Lipinski definition) is 0. The zero-order valence-electron chi connectivity index (χ0n) is 26.2. The van der Waals surface area contributed by atoms with Crippen LogP contribution < -0.4 is 0 Å². The summed E-state index contributed by atoms with van der Waals surface area (Å²) in [6.45, 7) is 0. The molecular formula is C48H28. The van der Waals surface area contributed by atoms with E-state index in [1.54, 1.807) is 0 Å². The maximum Gasteiger partial charge on any atom is -0.000719 e. The highest BCUT2D eigenvalue weighted by atomic mass is 14.3. The predicted octanol–water partition coefficient (Wildman–Crippen LogP) is 13.6. The Morgan fingerprint density at radius 1 is 0.229 bits per heavy atom. The summed E-state index contributed by atoms with van der Waals surface area (Å²) in [6.07, 6.45) is 0. The molecule has 0 radical (unpaired) electrons. The summed E-state index contributed by atoms with van der Waals surface area (Å²) in [4.78, 5) is 0. The van der Waals surface area contributed by atoms with Crippen LogP contribution in [-0.2, 0) is 0 Å². The first-order valence-corrected chi connectivity index (χ1v) is 16.8. The molecule has 0 bridgehead atoms. The van der Waals surface area contributed by atoms with Crippen molar-refractivity contribution in [1.29, 1.82) is 0 Å². The standard InChI is InChI=1S/C48H28/c1-3-12-31-24-36(22-20-29(31)10-1)44-41-26-33-14-5-6-15-34(33)27-42(41)45(37-23-21-30-11-2-4-13-32(30)25-37)48-43-28-35-16-7-8-17-38(35)39-18-9-19-40(46(39)43)47(44)48/h1-28H. The fraction of sp³-hybridized carbons (Fsp3) is 0. The van der Waals surface area contributed by atoms with Gasteiger partial charge in [0, 0.05) is 0 Å². The number of fused-ring (bicyclic) bond motifs is 9. The molecular weight excluding hydrogens is 577 g/mol. The SMILES string of the molecule is c1ccc2cc(-c3c4c(c(-c5ccc6ccccc6c5)c5cc6ccccc6cc35)-c3cc5ccccc5c5cccc-4c35)ccc2c1. The van der Waals surface area contributed by atoms with E-state index in [-0.39, 0.29) is 0 Å². The van der Waals surface area contributed by atoms with Crippen LogP contribution in [0.2, 0.25) is 0 Å². The van der Waals surface area contributed by atoms with Crippen LogP contribution in [0.4, 0.5) is 0 Å². The van der Waals surface area contributed by atoms with Gasteiger partial charge in [0.25, 0.3) is 0 Å². The molecule has 48 heavy (non-hydrogen) atoms. The van der Waals surface area contributed by atoms with Gasteiger partial charge in [-0.3, -0.25) is 0 Å². The minimum Gasteiger partial charge on any atom is -0.0616 e. The van der Waals surface area contributed by atoms with Crippen molar-refractivity contribution in [3.63, 3.8) is 0 Å². The van der Waals surface area contributed by atoms with Crippen molar-refractivity contribution in [3.05, 3.63) is 170 Å². The molecule has 0 atom stereocenters. The van der Waals surface area contributed by atoms with E-state index in [0.717, 1.165) is 0 Å². The lowest BCUT2D eigenvalue weighted by molar-refractivity contribution is 1.66. The summed E-state index contributed by atoms with van der Waals surface area (Å²) in [5.74, 6) is 0. The molecule has 1 aliphatic carbocycles. The Morgan fingerprint density at radius 2 is 0.688 bits per heavy atom. The van der Waals surface area contributed by atoms with E-state index in [1.165, 1.54) is 109 Å². The zero-order chi connectivity index (χ0) is 31.3. The summed E-state index contributed by atoms with van der Waals surface area (Å²) >= 11 is 0. The molecule has 220 valence electrons. The highest BCUT2D eigenvalue weighted by molar-refractivity contribution is 6.31. The highest BCUT2D eigenvalue weighted by Crippen LogP contribution is 2.59. The number of benzene rings is 10. The maximum absolute atomic E-state index is 2.45. The second kappa shape index (κ2) is 9.64. The van der Waals surface area contributed by atoms with Crippen LogP contribution in [0.3, 0.4) is 0 Å². The Morgan fingerprint density at radius 3 is 1.27 bits per heavy atom. The monoisotopic (exact) mass is 604 g/mol. The predicted molar refractivity (Wildman–Crippen MR) is 207 cm³/mol. The molecule has 0 fully saturated rings. The number of rotatable bonds is 2. The van der Waals surface area contributed by atoms with E-state index in [9.17, 15) is 0 Å².